The van der Waals surface area contributed by atoms with Gasteiger partial charge < -0.3 is 9.80 Å². The number of anilines is 6. The molecule has 4 heteroatoms. The van der Waals surface area contributed by atoms with Gasteiger partial charge in [0, 0.05) is 38.3 Å². The Labute approximate surface area is 362 Å². The molecule has 0 bridgehead atoms. The summed E-state index contributed by atoms with van der Waals surface area (Å²) in [6.07, 6.45) is 2.00. The molecule has 0 N–H and O–H groups in total. The highest BCUT2D eigenvalue weighted by atomic mass is 15.2. The number of fused-ring (bicyclic) bond motifs is 2. The molecule has 11 rings (SSSR count). The second-order valence-electron chi connectivity index (χ2n) is 17.8. The lowest BCUT2D eigenvalue weighted by atomic mass is 9.70. The minimum Gasteiger partial charge on any atom is -0.309 e. The van der Waals surface area contributed by atoms with Gasteiger partial charge >= 0.3 is 0 Å². The molecule has 0 aliphatic heterocycles. The van der Waals surface area contributed by atoms with Crippen LogP contribution < -0.4 is 9.80 Å². The van der Waals surface area contributed by atoms with Crippen LogP contribution in [0.25, 0.3) is 58.7 Å². The molecule has 0 aromatic heterocycles. The molecule has 0 atom stereocenters. The topological polar surface area (TPSA) is 34.6 Å². The van der Waals surface area contributed by atoms with Gasteiger partial charge in [0.1, 0.15) is 0 Å². The highest BCUT2D eigenvalue weighted by molar-refractivity contribution is 6.31. The summed E-state index contributed by atoms with van der Waals surface area (Å²) in [6.45, 7) is 17.2. The van der Waals surface area contributed by atoms with E-state index in [0.29, 0.717) is 11.3 Å². The molecule has 0 saturated carbocycles. The van der Waals surface area contributed by atoms with Gasteiger partial charge in [0.25, 0.3) is 0 Å². The quantitative estimate of drug-likeness (QED) is 0.119. The van der Waals surface area contributed by atoms with Gasteiger partial charge in [-0.05, 0) is 135 Å². The molecule has 10 aromatic carbocycles. The maximum absolute atomic E-state index is 9.85. The molecule has 4 nitrogen and oxygen atoms in total. The Kier molecular flexibility index (Phi) is 8.57. The minimum atomic E-state index is -0.0702. The van der Waals surface area contributed by atoms with Gasteiger partial charge in [-0.25, -0.2) is 4.85 Å². The summed E-state index contributed by atoms with van der Waals surface area (Å²) in [6, 6.07) is 61.1. The number of hydrogen-bond acceptors (Lipinski definition) is 3. The van der Waals surface area contributed by atoms with E-state index in [1.807, 2.05) is 24.3 Å². The third-order valence-corrected chi connectivity index (χ3v) is 13.4. The number of aryl methyl sites for hydroxylation is 1. The highest BCUT2D eigenvalue weighted by Gasteiger charge is 2.34. The van der Waals surface area contributed by atoms with Crippen LogP contribution in [-0.2, 0) is 11.8 Å². The summed E-state index contributed by atoms with van der Waals surface area (Å²) in [5.74, 6) is 0.241. The van der Waals surface area contributed by atoms with E-state index in [-0.39, 0.29) is 11.3 Å². The first-order chi connectivity index (χ1) is 30.2. The van der Waals surface area contributed by atoms with Crippen LogP contribution in [0.15, 0.2) is 164 Å². The Morgan fingerprint density at radius 2 is 1.13 bits per heavy atom. The Morgan fingerprint density at radius 3 is 1.73 bits per heavy atom. The molecule has 0 fully saturated rings. The van der Waals surface area contributed by atoms with E-state index < -0.39 is 0 Å². The normalized spacial score (nSPS) is 13.3. The first kappa shape index (κ1) is 37.3. The van der Waals surface area contributed by atoms with Crippen molar-refractivity contribution in [1.29, 1.82) is 5.26 Å². The molecule has 10 aromatic rings. The molecule has 62 heavy (non-hydrogen) atoms. The SMILES string of the molecule is [C-]#[N+]c1ccc(N(c2cccc3ccccc23)c2cc(C(C)C)c3ccc4c(N(c5ccc(C#N)cc5)c5cccc6ccccc56)cc5c6c(cc2c3c46)C(C)(C)CC5)cc1. The number of benzene rings is 10. The predicted molar refractivity (Wildman–Crippen MR) is 261 cm³/mol. The maximum atomic E-state index is 9.85. The number of hydrogen-bond donors (Lipinski definition) is 0. The lowest BCUT2D eigenvalue weighted by Crippen LogP contribution is -2.24. The van der Waals surface area contributed by atoms with Crippen LogP contribution in [0.5, 0.6) is 0 Å². The highest BCUT2D eigenvalue weighted by Crippen LogP contribution is 2.55. The van der Waals surface area contributed by atoms with Gasteiger partial charge in [0.2, 0.25) is 0 Å². The molecule has 0 heterocycles. The monoisotopic (exact) mass is 796 g/mol. The zero-order valence-corrected chi connectivity index (χ0v) is 35.4. The molecular weight excluding hydrogens is 753 g/mol. The Bertz CT molecular complexity index is 3480. The first-order valence-corrected chi connectivity index (χ1v) is 21.6. The van der Waals surface area contributed by atoms with E-state index in [4.69, 9.17) is 6.57 Å². The van der Waals surface area contributed by atoms with Crippen molar-refractivity contribution in [2.75, 3.05) is 9.80 Å². The number of rotatable bonds is 7. The van der Waals surface area contributed by atoms with Crippen molar-refractivity contribution in [1.82, 2.24) is 0 Å². The summed E-state index contributed by atoms with van der Waals surface area (Å²) in [7, 11) is 0. The van der Waals surface area contributed by atoms with E-state index >= 15 is 0 Å². The first-order valence-electron chi connectivity index (χ1n) is 21.6. The summed E-state index contributed by atoms with van der Waals surface area (Å²) in [5.41, 5.74) is 11.7. The van der Waals surface area contributed by atoms with E-state index in [1.54, 1.807) is 0 Å². The molecule has 0 saturated heterocycles. The van der Waals surface area contributed by atoms with Crippen LogP contribution in [0.2, 0.25) is 0 Å². The standard InChI is InChI=1S/C58H44N4/c1-36(2)48-34-54(62(43-26-22-41(60-5)23-27-43)52-19-11-15-39-13-7-9-17-45(39)52)49-33-50-55-40(30-31-58(50,3)4)32-53(47-29-28-46(48)56(49)57(47)55)61(42-24-20-37(35-59)21-25-42)51-18-10-14-38-12-6-8-16-44(38)51/h6-29,32-34,36H,30-31H2,1-4H3. The van der Waals surface area contributed by atoms with Crippen molar-refractivity contribution in [3.8, 4) is 6.07 Å². The largest absolute Gasteiger partial charge is 0.309 e. The fourth-order valence-electron chi connectivity index (χ4n) is 10.3. The van der Waals surface area contributed by atoms with E-state index in [1.165, 1.54) is 70.6 Å². The molecule has 1 aliphatic carbocycles. The third kappa shape index (κ3) is 5.72. The average molecular weight is 797 g/mol. The summed E-state index contributed by atoms with van der Waals surface area (Å²) in [5, 5.41) is 22.2. The number of nitrogens with zero attached hydrogens (tertiary/aromatic N) is 4. The second kappa shape index (κ2) is 14.2. The molecular formula is C58H44N4. The Hall–Kier alpha value is -7.66. The van der Waals surface area contributed by atoms with Gasteiger partial charge in [0.05, 0.1) is 41.0 Å². The average Bonchev–Trinajstić information content (AvgIpc) is 3.31. The molecule has 0 amide bonds. The molecule has 0 unspecified atom stereocenters. The smallest absolute Gasteiger partial charge is 0.187 e. The van der Waals surface area contributed by atoms with Gasteiger partial charge in [-0.2, -0.15) is 5.26 Å². The minimum absolute atomic E-state index is 0.0702. The predicted octanol–water partition coefficient (Wildman–Crippen LogP) is 16.6. The van der Waals surface area contributed by atoms with E-state index in [2.05, 4.69) is 188 Å². The van der Waals surface area contributed by atoms with E-state index in [9.17, 15) is 5.26 Å². The Balaban J connectivity index is 1.31. The Morgan fingerprint density at radius 1 is 0.565 bits per heavy atom. The van der Waals surface area contributed by atoms with E-state index in [0.717, 1.165) is 47.0 Å². The summed E-state index contributed by atoms with van der Waals surface area (Å²) in [4.78, 5) is 8.64. The van der Waals surface area contributed by atoms with Crippen LogP contribution in [0.1, 0.15) is 62.3 Å². The fourth-order valence-corrected chi connectivity index (χ4v) is 10.3. The second-order valence-corrected chi connectivity index (χ2v) is 17.8. The van der Waals surface area contributed by atoms with Crippen molar-refractivity contribution in [2.45, 2.75) is 51.9 Å². The van der Waals surface area contributed by atoms with Crippen LogP contribution in [0, 0.1) is 17.9 Å². The zero-order valence-electron chi connectivity index (χ0n) is 35.4. The lowest BCUT2D eigenvalue weighted by molar-refractivity contribution is 0.475. The number of nitriles is 1. The van der Waals surface area contributed by atoms with Gasteiger partial charge in [-0.15, -0.1) is 0 Å². The van der Waals surface area contributed by atoms with Crippen molar-refractivity contribution < 1.29 is 0 Å². The van der Waals surface area contributed by atoms with Crippen molar-refractivity contribution in [3.63, 3.8) is 0 Å². The maximum Gasteiger partial charge on any atom is 0.187 e. The van der Waals surface area contributed by atoms with Crippen LogP contribution in [-0.4, -0.2) is 0 Å². The van der Waals surface area contributed by atoms with Crippen LogP contribution in [0.3, 0.4) is 0 Å². The van der Waals surface area contributed by atoms with Gasteiger partial charge in [0.15, 0.2) is 5.69 Å². The molecule has 1 aliphatic rings. The molecule has 0 spiro atoms. The van der Waals surface area contributed by atoms with Crippen molar-refractivity contribution in [3.05, 3.63) is 197 Å². The van der Waals surface area contributed by atoms with Crippen molar-refractivity contribution >= 4 is 93.7 Å². The molecule has 296 valence electrons. The fraction of sp³-hybridized carbons (Fsp3) is 0.138. The van der Waals surface area contributed by atoms with Crippen LogP contribution >= 0.6 is 0 Å². The van der Waals surface area contributed by atoms with Gasteiger partial charge in [-0.3, -0.25) is 0 Å². The van der Waals surface area contributed by atoms with Gasteiger partial charge in [-0.1, -0.05) is 125 Å². The third-order valence-electron chi connectivity index (χ3n) is 13.4. The zero-order chi connectivity index (χ0) is 42.3. The molecule has 0 radical (unpaired) electrons. The van der Waals surface area contributed by atoms with Crippen LogP contribution in [0.4, 0.5) is 39.8 Å². The lowest BCUT2D eigenvalue weighted by Gasteiger charge is -2.37. The van der Waals surface area contributed by atoms with Crippen molar-refractivity contribution in [2.24, 2.45) is 0 Å². The summed E-state index contributed by atoms with van der Waals surface area (Å²) < 4.78 is 0. The summed E-state index contributed by atoms with van der Waals surface area (Å²) >= 11 is 0.